The molecular weight excluding hydrogens is 184 g/mol. The number of hydrogen-bond acceptors (Lipinski definition) is 2. The third kappa shape index (κ3) is 1.20. The molecule has 1 aliphatic rings. The average molecular weight is 194 g/mol. The monoisotopic (exact) mass is 194 g/mol. The van der Waals surface area contributed by atoms with Crippen molar-refractivity contribution in [3.05, 3.63) is 36.2 Å². The fraction of sp³-hybridized carbons (Fsp3) is 0.231. The standard InChI is InChI=1S/C13H10N2/c1-2-13(7-8-13)12-9-14-10-5-3-4-6-11(10)15-12/h1,3-6,9H,7-8H2. The lowest BCUT2D eigenvalue weighted by molar-refractivity contribution is 0.869. The number of nitrogens with zero attached hydrogens (tertiary/aromatic N) is 2. The molecule has 0 bridgehead atoms. The van der Waals surface area contributed by atoms with Gasteiger partial charge in [-0.25, -0.2) is 4.98 Å². The first-order chi connectivity index (χ1) is 7.34. The summed E-state index contributed by atoms with van der Waals surface area (Å²) in [7, 11) is 0. The van der Waals surface area contributed by atoms with Gasteiger partial charge in [0.15, 0.2) is 0 Å². The van der Waals surface area contributed by atoms with Gasteiger partial charge in [-0.05, 0) is 25.0 Å². The van der Waals surface area contributed by atoms with Crippen LogP contribution < -0.4 is 0 Å². The highest BCUT2D eigenvalue weighted by atomic mass is 14.8. The van der Waals surface area contributed by atoms with Gasteiger partial charge >= 0.3 is 0 Å². The van der Waals surface area contributed by atoms with Gasteiger partial charge in [-0.3, -0.25) is 4.98 Å². The van der Waals surface area contributed by atoms with Gasteiger partial charge in [0.2, 0.25) is 0 Å². The molecule has 0 radical (unpaired) electrons. The molecule has 0 spiro atoms. The highest BCUT2D eigenvalue weighted by molar-refractivity contribution is 5.74. The summed E-state index contributed by atoms with van der Waals surface area (Å²) in [6.45, 7) is 0. The Balaban J connectivity index is 2.19. The second-order valence-electron chi connectivity index (χ2n) is 3.97. The summed E-state index contributed by atoms with van der Waals surface area (Å²) in [4.78, 5) is 8.95. The summed E-state index contributed by atoms with van der Waals surface area (Å²) < 4.78 is 0. The van der Waals surface area contributed by atoms with Crippen molar-refractivity contribution in [1.82, 2.24) is 9.97 Å². The van der Waals surface area contributed by atoms with Crippen LogP contribution in [0.25, 0.3) is 11.0 Å². The molecule has 1 aromatic carbocycles. The Labute approximate surface area is 88.4 Å². The average Bonchev–Trinajstić information content (AvgIpc) is 3.09. The van der Waals surface area contributed by atoms with Crippen molar-refractivity contribution in [2.75, 3.05) is 0 Å². The largest absolute Gasteiger partial charge is 0.253 e. The van der Waals surface area contributed by atoms with Crippen LogP contribution in [0.2, 0.25) is 0 Å². The van der Waals surface area contributed by atoms with Crippen LogP contribution in [0.5, 0.6) is 0 Å². The molecule has 1 heterocycles. The van der Waals surface area contributed by atoms with Crippen molar-refractivity contribution < 1.29 is 0 Å². The minimum Gasteiger partial charge on any atom is -0.253 e. The number of benzene rings is 1. The topological polar surface area (TPSA) is 25.8 Å². The second-order valence-corrected chi connectivity index (χ2v) is 3.97. The van der Waals surface area contributed by atoms with E-state index in [0.29, 0.717) is 0 Å². The lowest BCUT2D eigenvalue weighted by Crippen LogP contribution is -2.06. The van der Waals surface area contributed by atoms with Crippen molar-refractivity contribution in [2.24, 2.45) is 0 Å². The smallest absolute Gasteiger partial charge is 0.0890 e. The summed E-state index contributed by atoms with van der Waals surface area (Å²) in [5.74, 6) is 2.83. The van der Waals surface area contributed by atoms with Gasteiger partial charge in [0.25, 0.3) is 0 Å². The van der Waals surface area contributed by atoms with Gasteiger partial charge in [-0.2, -0.15) is 0 Å². The van der Waals surface area contributed by atoms with E-state index in [0.717, 1.165) is 29.6 Å². The van der Waals surface area contributed by atoms with Crippen LogP contribution in [-0.2, 0) is 5.41 Å². The first-order valence-corrected chi connectivity index (χ1v) is 5.04. The van der Waals surface area contributed by atoms with Crippen LogP contribution in [0, 0.1) is 12.3 Å². The van der Waals surface area contributed by atoms with Gasteiger partial charge in [-0.1, -0.05) is 18.1 Å². The Morgan fingerprint density at radius 3 is 2.60 bits per heavy atom. The number of hydrogen-bond donors (Lipinski definition) is 0. The van der Waals surface area contributed by atoms with Crippen LogP contribution in [0.3, 0.4) is 0 Å². The van der Waals surface area contributed by atoms with E-state index in [4.69, 9.17) is 6.42 Å². The lowest BCUT2D eigenvalue weighted by Gasteiger charge is -2.06. The molecule has 0 saturated heterocycles. The molecule has 0 aliphatic heterocycles. The van der Waals surface area contributed by atoms with Gasteiger partial charge in [0.05, 0.1) is 28.3 Å². The number of terminal acetylenes is 1. The Hall–Kier alpha value is -1.88. The maximum absolute atomic E-state index is 5.53. The Morgan fingerprint density at radius 2 is 1.93 bits per heavy atom. The lowest BCUT2D eigenvalue weighted by atomic mass is 10.0. The SMILES string of the molecule is C#CC1(c2cnc3ccccc3n2)CC1. The third-order valence-corrected chi connectivity index (χ3v) is 2.97. The van der Waals surface area contributed by atoms with Crippen LogP contribution in [0.15, 0.2) is 30.5 Å². The van der Waals surface area contributed by atoms with E-state index in [1.807, 2.05) is 30.5 Å². The molecular formula is C13H10N2. The first-order valence-electron chi connectivity index (χ1n) is 5.04. The summed E-state index contributed by atoms with van der Waals surface area (Å²) in [6, 6.07) is 7.86. The predicted octanol–water partition coefficient (Wildman–Crippen LogP) is 2.29. The number of para-hydroxylation sites is 2. The van der Waals surface area contributed by atoms with Crippen LogP contribution in [0.1, 0.15) is 18.5 Å². The molecule has 1 saturated carbocycles. The summed E-state index contributed by atoms with van der Waals surface area (Å²) in [5.41, 5.74) is 2.69. The van der Waals surface area contributed by atoms with Crippen molar-refractivity contribution in [3.8, 4) is 12.3 Å². The predicted molar refractivity (Wildman–Crippen MR) is 59.3 cm³/mol. The number of aromatic nitrogens is 2. The molecule has 1 fully saturated rings. The number of fused-ring (bicyclic) bond motifs is 1. The molecule has 0 amide bonds. The zero-order valence-corrected chi connectivity index (χ0v) is 8.27. The Bertz CT molecular complexity index is 562. The molecule has 72 valence electrons. The quantitative estimate of drug-likeness (QED) is 0.651. The molecule has 1 aromatic heterocycles. The van der Waals surface area contributed by atoms with Crippen molar-refractivity contribution in [1.29, 1.82) is 0 Å². The van der Waals surface area contributed by atoms with Gasteiger partial charge in [0.1, 0.15) is 0 Å². The maximum atomic E-state index is 5.53. The van der Waals surface area contributed by atoms with Crippen molar-refractivity contribution in [2.45, 2.75) is 18.3 Å². The first kappa shape index (κ1) is 8.43. The highest BCUT2D eigenvalue weighted by Gasteiger charge is 2.44. The van der Waals surface area contributed by atoms with E-state index in [9.17, 15) is 0 Å². The summed E-state index contributed by atoms with van der Waals surface area (Å²) >= 11 is 0. The molecule has 0 N–H and O–H groups in total. The normalized spacial score (nSPS) is 17.3. The molecule has 1 aliphatic carbocycles. The van der Waals surface area contributed by atoms with E-state index in [2.05, 4.69) is 15.9 Å². The minimum atomic E-state index is -0.114. The molecule has 2 aromatic rings. The minimum absolute atomic E-state index is 0.114. The van der Waals surface area contributed by atoms with E-state index in [1.165, 1.54) is 0 Å². The van der Waals surface area contributed by atoms with E-state index < -0.39 is 0 Å². The number of rotatable bonds is 1. The van der Waals surface area contributed by atoms with Gasteiger partial charge < -0.3 is 0 Å². The van der Waals surface area contributed by atoms with Gasteiger partial charge in [0, 0.05) is 0 Å². The zero-order chi connectivity index (χ0) is 10.3. The Kier molecular flexibility index (Phi) is 1.58. The summed E-state index contributed by atoms with van der Waals surface area (Å²) in [6.07, 6.45) is 9.42. The molecule has 15 heavy (non-hydrogen) atoms. The van der Waals surface area contributed by atoms with E-state index in [1.54, 1.807) is 0 Å². The maximum Gasteiger partial charge on any atom is 0.0890 e. The zero-order valence-electron chi connectivity index (χ0n) is 8.27. The van der Waals surface area contributed by atoms with Crippen molar-refractivity contribution in [3.63, 3.8) is 0 Å². The molecule has 3 rings (SSSR count). The fourth-order valence-corrected chi connectivity index (χ4v) is 1.79. The molecule has 0 atom stereocenters. The Morgan fingerprint density at radius 1 is 1.20 bits per heavy atom. The highest BCUT2D eigenvalue weighted by Crippen LogP contribution is 2.46. The van der Waals surface area contributed by atoms with E-state index in [-0.39, 0.29) is 5.41 Å². The second kappa shape index (κ2) is 2.80. The van der Waals surface area contributed by atoms with Crippen LogP contribution >= 0.6 is 0 Å². The summed E-state index contributed by atoms with van der Waals surface area (Å²) in [5, 5.41) is 0. The molecule has 0 unspecified atom stereocenters. The molecule has 2 heteroatoms. The van der Waals surface area contributed by atoms with Crippen LogP contribution in [0.4, 0.5) is 0 Å². The van der Waals surface area contributed by atoms with Gasteiger partial charge in [-0.15, -0.1) is 6.42 Å². The van der Waals surface area contributed by atoms with E-state index >= 15 is 0 Å². The third-order valence-electron chi connectivity index (χ3n) is 2.97. The van der Waals surface area contributed by atoms with Crippen molar-refractivity contribution >= 4 is 11.0 Å². The molecule has 2 nitrogen and oxygen atoms in total. The van der Waals surface area contributed by atoms with Crippen LogP contribution in [-0.4, -0.2) is 9.97 Å². The fourth-order valence-electron chi connectivity index (χ4n) is 1.79.